The van der Waals surface area contributed by atoms with Crippen LogP contribution in [-0.2, 0) is 5.41 Å². The summed E-state index contributed by atoms with van der Waals surface area (Å²) in [6.45, 7) is 1.99. The molecule has 0 amide bonds. The topological polar surface area (TPSA) is 36.7 Å². The number of nitrogens with zero attached hydrogens (tertiary/aromatic N) is 2. The quantitative estimate of drug-likeness (QED) is 0.686. The molecule has 13 heavy (non-hydrogen) atoms. The van der Waals surface area contributed by atoms with Crippen molar-refractivity contribution in [2.75, 3.05) is 0 Å². The van der Waals surface area contributed by atoms with Crippen LogP contribution in [0.4, 0.5) is 0 Å². The van der Waals surface area contributed by atoms with Gasteiger partial charge in [-0.25, -0.2) is 4.98 Å². The van der Waals surface area contributed by atoms with E-state index in [1.807, 2.05) is 12.3 Å². The minimum Gasteiger partial charge on any atom is -0.245 e. The SMILES string of the molecule is Cc1csc(C2(C#N)CCCC2)n1. The number of aromatic nitrogens is 1. The molecule has 68 valence electrons. The molecule has 1 aromatic rings. The summed E-state index contributed by atoms with van der Waals surface area (Å²) in [5.41, 5.74) is 0.806. The lowest BCUT2D eigenvalue weighted by Gasteiger charge is -2.15. The molecular weight excluding hydrogens is 180 g/mol. The van der Waals surface area contributed by atoms with Gasteiger partial charge in [0.15, 0.2) is 0 Å². The molecule has 0 atom stereocenters. The lowest BCUT2D eigenvalue weighted by molar-refractivity contribution is 0.568. The first-order chi connectivity index (χ1) is 6.27. The molecule has 2 rings (SSSR count). The van der Waals surface area contributed by atoms with Gasteiger partial charge in [-0.2, -0.15) is 5.26 Å². The summed E-state index contributed by atoms with van der Waals surface area (Å²) >= 11 is 1.64. The lowest BCUT2D eigenvalue weighted by Crippen LogP contribution is -2.18. The Hall–Kier alpha value is -0.880. The second-order valence-corrected chi connectivity index (χ2v) is 4.55. The summed E-state index contributed by atoms with van der Waals surface area (Å²) in [6.07, 6.45) is 4.34. The number of hydrogen-bond donors (Lipinski definition) is 0. The summed E-state index contributed by atoms with van der Waals surface area (Å²) in [5, 5.41) is 12.3. The van der Waals surface area contributed by atoms with Gasteiger partial charge in [-0.05, 0) is 19.8 Å². The summed E-state index contributed by atoms with van der Waals surface area (Å²) in [5.74, 6) is 0. The van der Waals surface area contributed by atoms with E-state index in [0.717, 1.165) is 23.5 Å². The molecule has 1 heterocycles. The van der Waals surface area contributed by atoms with Crippen molar-refractivity contribution < 1.29 is 0 Å². The average Bonchev–Trinajstić information content (AvgIpc) is 2.73. The van der Waals surface area contributed by atoms with Crippen LogP contribution in [0.5, 0.6) is 0 Å². The van der Waals surface area contributed by atoms with Crippen LogP contribution in [0.25, 0.3) is 0 Å². The molecule has 1 saturated carbocycles. The second kappa shape index (κ2) is 3.12. The third kappa shape index (κ3) is 1.36. The van der Waals surface area contributed by atoms with Crippen molar-refractivity contribution >= 4 is 11.3 Å². The third-order valence-corrected chi connectivity index (χ3v) is 3.86. The minimum atomic E-state index is -0.237. The van der Waals surface area contributed by atoms with Crippen LogP contribution in [0, 0.1) is 18.3 Å². The molecule has 3 heteroatoms. The Morgan fingerprint density at radius 2 is 2.23 bits per heavy atom. The Kier molecular flexibility index (Phi) is 2.09. The van der Waals surface area contributed by atoms with Crippen molar-refractivity contribution in [1.29, 1.82) is 5.26 Å². The standard InChI is InChI=1S/C10H12N2S/c1-8-6-13-9(12-8)10(7-11)4-2-3-5-10/h6H,2-5H2,1H3. The summed E-state index contributed by atoms with van der Waals surface area (Å²) in [7, 11) is 0. The van der Waals surface area contributed by atoms with Crippen LogP contribution >= 0.6 is 11.3 Å². The van der Waals surface area contributed by atoms with Gasteiger partial charge < -0.3 is 0 Å². The Morgan fingerprint density at radius 3 is 2.69 bits per heavy atom. The predicted molar refractivity (Wildman–Crippen MR) is 52.6 cm³/mol. The first kappa shape index (κ1) is 8.71. The smallest absolute Gasteiger partial charge is 0.113 e. The van der Waals surface area contributed by atoms with E-state index in [2.05, 4.69) is 11.1 Å². The Bertz CT molecular complexity index is 342. The Labute approximate surface area is 82.2 Å². The van der Waals surface area contributed by atoms with Gasteiger partial charge in [0.2, 0.25) is 0 Å². The largest absolute Gasteiger partial charge is 0.245 e. The van der Waals surface area contributed by atoms with Crippen LogP contribution < -0.4 is 0 Å². The Balaban J connectivity index is 2.37. The van der Waals surface area contributed by atoms with E-state index in [1.54, 1.807) is 11.3 Å². The van der Waals surface area contributed by atoms with Crippen molar-refractivity contribution in [3.05, 3.63) is 16.1 Å². The maximum Gasteiger partial charge on any atom is 0.113 e. The highest BCUT2D eigenvalue weighted by molar-refractivity contribution is 7.09. The molecule has 0 bridgehead atoms. The molecule has 0 aromatic carbocycles. The van der Waals surface area contributed by atoms with E-state index < -0.39 is 0 Å². The van der Waals surface area contributed by atoms with E-state index in [1.165, 1.54) is 12.8 Å². The predicted octanol–water partition coefficient (Wildman–Crippen LogP) is 2.79. The molecule has 0 unspecified atom stereocenters. The van der Waals surface area contributed by atoms with Crippen LogP contribution in [0.3, 0.4) is 0 Å². The fourth-order valence-electron chi connectivity index (χ4n) is 1.93. The molecule has 1 fully saturated rings. The van der Waals surface area contributed by atoms with E-state index in [4.69, 9.17) is 0 Å². The molecule has 0 aliphatic heterocycles. The molecule has 2 nitrogen and oxygen atoms in total. The number of thiazole rings is 1. The van der Waals surface area contributed by atoms with Gasteiger partial charge in [-0.3, -0.25) is 0 Å². The third-order valence-electron chi connectivity index (χ3n) is 2.70. The van der Waals surface area contributed by atoms with E-state index in [0.29, 0.717) is 0 Å². The molecule has 0 spiro atoms. The zero-order chi connectivity index (χ0) is 9.31. The normalized spacial score (nSPS) is 20.0. The molecule has 1 aromatic heterocycles. The fraction of sp³-hybridized carbons (Fsp3) is 0.600. The molecule has 1 aliphatic rings. The minimum absolute atomic E-state index is 0.237. The lowest BCUT2D eigenvalue weighted by atomic mass is 9.89. The van der Waals surface area contributed by atoms with Gasteiger partial charge in [-0.15, -0.1) is 11.3 Å². The summed E-state index contributed by atoms with van der Waals surface area (Å²) < 4.78 is 0. The molecule has 0 radical (unpaired) electrons. The number of rotatable bonds is 1. The molecule has 1 aliphatic carbocycles. The second-order valence-electron chi connectivity index (χ2n) is 3.70. The zero-order valence-corrected chi connectivity index (χ0v) is 8.52. The Morgan fingerprint density at radius 1 is 1.54 bits per heavy atom. The van der Waals surface area contributed by atoms with Gasteiger partial charge in [0.05, 0.1) is 6.07 Å². The van der Waals surface area contributed by atoms with Crippen LogP contribution in [0.2, 0.25) is 0 Å². The number of hydrogen-bond acceptors (Lipinski definition) is 3. The highest BCUT2D eigenvalue weighted by Gasteiger charge is 2.38. The van der Waals surface area contributed by atoms with Crippen molar-refractivity contribution in [2.24, 2.45) is 0 Å². The number of nitriles is 1. The molecular formula is C10H12N2S. The van der Waals surface area contributed by atoms with Crippen molar-refractivity contribution in [2.45, 2.75) is 38.0 Å². The van der Waals surface area contributed by atoms with E-state index in [-0.39, 0.29) is 5.41 Å². The molecule has 0 saturated heterocycles. The fourth-order valence-corrected chi connectivity index (χ4v) is 2.93. The van der Waals surface area contributed by atoms with Gasteiger partial charge in [0, 0.05) is 11.1 Å². The van der Waals surface area contributed by atoms with Crippen molar-refractivity contribution in [1.82, 2.24) is 4.98 Å². The first-order valence-corrected chi connectivity index (χ1v) is 5.49. The average molecular weight is 192 g/mol. The van der Waals surface area contributed by atoms with Gasteiger partial charge in [0.25, 0.3) is 0 Å². The summed E-state index contributed by atoms with van der Waals surface area (Å²) in [4.78, 5) is 4.43. The maximum absolute atomic E-state index is 9.20. The van der Waals surface area contributed by atoms with Crippen molar-refractivity contribution in [3.63, 3.8) is 0 Å². The molecule has 0 N–H and O–H groups in total. The van der Waals surface area contributed by atoms with Crippen LogP contribution in [-0.4, -0.2) is 4.98 Å². The van der Waals surface area contributed by atoms with Crippen LogP contribution in [0.15, 0.2) is 5.38 Å². The van der Waals surface area contributed by atoms with E-state index in [9.17, 15) is 5.26 Å². The highest BCUT2D eigenvalue weighted by atomic mass is 32.1. The highest BCUT2D eigenvalue weighted by Crippen LogP contribution is 2.41. The zero-order valence-electron chi connectivity index (χ0n) is 7.71. The van der Waals surface area contributed by atoms with E-state index >= 15 is 0 Å². The number of aryl methyl sites for hydroxylation is 1. The first-order valence-electron chi connectivity index (χ1n) is 4.61. The van der Waals surface area contributed by atoms with Crippen LogP contribution in [0.1, 0.15) is 36.4 Å². The van der Waals surface area contributed by atoms with Crippen molar-refractivity contribution in [3.8, 4) is 6.07 Å². The maximum atomic E-state index is 9.20. The van der Waals surface area contributed by atoms with Gasteiger partial charge in [-0.1, -0.05) is 12.8 Å². The monoisotopic (exact) mass is 192 g/mol. The van der Waals surface area contributed by atoms with Gasteiger partial charge in [0.1, 0.15) is 10.4 Å². The van der Waals surface area contributed by atoms with Gasteiger partial charge >= 0.3 is 0 Å². The summed E-state index contributed by atoms with van der Waals surface area (Å²) in [6, 6.07) is 2.45.